The molecule has 42 atom stereocenters. The predicted molar refractivity (Wildman–Crippen MR) is 433 cm³/mol. The maximum Gasteiger partial charge on any atom is 0.308 e. The molecule has 30 nitrogen and oxygen atoms in total. The van der Waals surface area contributed by atoms with Gasteiger partial charge >= 0.3 is 11.9 Å². The van der Waals surface area contributed by atoms with Gasteiger partial charge in [0.05, 0.1) is 165 Å². The molecule has 2 spiro atoms. The molecule has 0 aliphatic carbocycles. The lowest BCUT2D eigenvalue weighted by atomic mass is 9.79. The molecule has 31 heteroatoms. The van der Waals surface area contributed by atoms with E-state index in [0.29, 0.717) is 70.8 Å². The van der Waals surface area contributed by atoms with Crippen molar-refractivity contribution in [3.63, 3.8) is 0 Å². The fourth-order valence-corrected chi connectivity index (χ4v) is 25.3. The van der Waals surface area contributed by atoms with Gasteiger partial charge in [-0.25, -0.2) is 0 Å². The summed E-state index contributed by atoms with van der Waals surface area (Å²) in [5.74, 6) is -2.91. The molecular weight excluding hydrogens is 1620 g/mol. The van der Waals surface area contributed by atoms with Gasteiger partial charge in [-0.15, -0.1) is 0 Å². The number of benzene rings is 1. The predicted octanol–water partition coefficient (Wildman–Crippen LogP) is 8.61. The second-order valence-corrected chi connectivity index (χ2v) is 41.6. The zero-order chi connectivity index (χ0) is 84.5. The van der Waals surface area contributed by atoms with Crippen LogP contribution in [-0.2, 0) is 124 Å². The van der Waals surface area contributed by atoms with Crippen molar-refractivity contribution in [1.82, 2.24) is 0 Å². The monoisotopic (exact) mass is 1750 g/mol. The van der Waals surface area contributed by atoms with Crippen molar-refractivity contribution in [2.75, 3.05) is 13.2 Å². The summed E-state index contributed by atoms with van der Waals surface area (Å²) in [6.07, 6.45) is 5.76. The molecule has 0 saturated carbocycles. The van der Waals surface area contributed by atoms with Crippen LogP contribution in [0.25, 0.3) is 0 Å². The topological polar surface area (TPSA) is 364 Å². The minimum Gasteiger partial charge on any atom is -0.459 e. The third kappa shape index (κ3) is 17.3. The van der Waals surface area contributed by atoms with Gasteiger partial charge < -0.3 is 120 Å². The number of hydrogen-bond donors (Lipinski definition) is 3. The standard InChI is InChI=1S/C44H62O13.C41H58O13.C7H8O3S.H2O/c1-20-13-24-7-9-27-21(2)14-26(47-27)11-12-44-18-33-39(56-44)40-41(52-33)42(57-44)38-28(51-40)10-8-25(49-38)15-35(45)54-37-23(4)36-32(50-31(37)16-29(48-24)22(20)3)17-30-34(53-36)19-46-43(5,6)55-30;1-18-11-22-5-7-26-19(2)12-24(45-26)9-10-41-16-31-37(53-41)38-39(50-31)40(54-41)36-27(49-38)8-6-23(47-36)13-33(44)52-35-21(4)34-29(14-25(43)32(17-42)51-34)48-30(35)15-28(46-22)20(18)3;1-6-2-4-7(5-3-6)11(8,9)10;/h20,23-34,36-42H,2-3,7-19H2,1,4-6H3;18,21-32,34-40,42-43H,2-3,5-17H2,1,4H3;2-5H,1H3,(H,8,9,10);1H2/t20-,23+,24+,25-,26+,27+,28+,29?,30-,31+,32+,33?,34-,36+,37-,38+,39?,40+,41-,42?,44+;18-,21+,22+,23-,24+,25-,26+,27+,28?,29+,30+,31?,32-,34+,35-,36+,37?,38+,39-,40?,41+;;/m11../s1. The van der Waals surface area contributed by atoms with E-state index >= 15 is 0 Å². The summed E-state index contributed by atoms with van der Waals surface area (Å²) < 4.78 is 176. The van der Waals surface area contributed by atoms with Crippen molar-refractivity contribution >= 4 is 22.1 Å². The van der Waals surface area contributed by atoms with Gasteiger partial charge in [-0.05, 0) is 157 Å². The van der Waals surface area contributed by atoms with Gasteiger partial charge in [0.2, 0.25) is 0 Å². The molecule has 24 rings (SSSR count). The number of aliphatic hydroxyl groups is 2. The highest BCUT2D eigenvalue weighted by Gasteiger charge is 2.71. The van der Waals surface area contributed by atoms with Crippen molar-refractivity contribution in [1.29, 1.82) is 0 Å². The van der Waals surface area contributed by atoms with Crippen LogP contribution in [0.15, 0.2) is 77.8 Å². The maximum absolute atomic E-state index is 14.1. The number of ether oxygens (including phenoxy) is 22. The van der Waals surface area contributed by atoms with Crippen LogP contribution in [0.3, 0.4) is 0 Å². The molecule has 24 bridgehead atoms. The highest BCUT2D eigenvalue weighted by atomic mass is 32.2. The van der Waals surface area contributed by atoms with Crippen LogP contribution in [0.5, 0.6) is 0 Å². The number of hydrogen-bond acceptors (Lipinski definition) is 28. The van der Waals surface area contributed by atoms with Crippen molar-refractivity contribution in [2.45, 2.75) is 445 Å². The second-order valence-electron chi connectivity index (χ2n) is 40.2. The van der Waals surface area contributed by atoms with Crippen molar-refractivity contribution in [3.8, 4) is 0 Å². The lowest BCUT2D eigenvalue weighted by Crippen LogP contribution is -2.64. The van der Waals surface area contributed by atoms with Crippen molar-refractivity contribution in [3.05, 3.63) is 78.4 Å². The first kappa shape index (κ1) is 88.4. The Bertz CT molecular complexity index is 4170. The number of carbonyl (C=O) groups is 2. The SMILES string of the molecule is C=C1C2C[C@@H]3O[C@H]4C[C@@H](O)[C@@H](CO)O[C@H]4[C@H](C)[C@H]3OC(=O)C[C@H]3CC[C@@H]4O[C@H]5C6O[C@]7(CC[C@H]8CC(=C)[C@H](CC[C@@H](C[C@H]1C)O2)O8)CC6O[C@H]5C(O7)[C@H]4O3.C=C1C2C[C@@H]3O[C@H]4C[C@H]5OC(C)(C)OC[C@H]5O[C@H]4[C@H](C)[C@H]3OC(=O)C[C@H]3CC[C@@H]4O[C@H]5C6O[C@]7(CC[C@H]8CC(=C)[C@H](CC[C@@H](C[C@H]1C)O2)O8)CC6O[C@H]5C(O7)[C@H]4O3.Cc1ccc(S(=O)(=O)O)cc1.O. The number of aliphatic hydroxyl groups excluding tert-OH is 2. The number of aryl methyl sites for hydroxylation is 1. The zero-order valence-electron chi connectivity index (χ0n) is 72.0. The van der Waals surface area contributed by atoms with Crippen LogP contribution in [-0.4, -0.2) is 291 Å². The molecule has 23 aliphatic heterocycles. The summed E-state index contributed by atoms with van der Waals surface area (Å²) in [5.41, 5.74) is 5.29. The average molecular weight is 1750 g/mol. The smallest absolute Gasteiger partial charge is 0.308 e. The summed E-state index contributed by atoms with van der Waals surface area (Å²) in [4.78, 5) is 28.1. The molecule has 23 heterocycles. The Morgan fingerprint density at radius 2 is 0.829 bits per heavy atom. The summed E-state index contributed by atoms with van der Waals surface area (Å²) in [5, 5.41) is 20.7. The first-order valence-corrected chi connectivity index (χ1v) is 47.5. The molecule has 123 heavy (non-hydrogen) atoms. The quantitative estimate of drug-likeness (QED) is 0.142. The van der Waals surface area contributed by atoms with Crippen LogP contribution in [0, 0.1) is 30.6 Å². The fourth-order valence-electron chi connectivity index (χ4n) is 24.8. The number of rotatable bonds is 2. The Balaban J connectivity index is 0.000000143. The second kappa shape index (κ2) is 34.7. The van der Waals surface area contributed by atoms with Gasteiger partial charge in [0.25, 0.3) is 10.1 Å². The van der Waals surface area contributed by atoms with Gasteiger partial charge in [0, 0.05) is 63.2 Å². The molecule has 8 unspecified atom stereocenters. The average Bonchev–Trinajstić information content (AvgIpc) is 1.54. The molecule has 23 saturated heterocycles. The number of carbonyl (C=O) groups excluding carboxylic acids is 2. The molecule has 23 fully saturated rings. The normalized spacial score (nSPS) is 51.2. The molecule has 1 aromatic rings. The van der Waals surface area contributed by atoms with Gasteiger partial charge in [-0.1, -0.05) is 71.7 Å². The van der Waals surface area contributed by atoms with E-state index in [2.05, 4.69) is 47.1 Å². The third-order valence-corrected chi connectivity index (χ3v) is 32.2. The minimum absolute atomic E-state index is 0. The van der Waals surface area contributed by atoms with E-state index in [4.69, 9.17) is 109 Å². The molecule has 0 radical (unpaired) electrons. The third-order valence-electron chi connectivity index (χ3n) is 31.3. The van der Waals surface area contributed by atoms with E-state index in [-0.39, 0.29) is 224 Å². The van der Waals surface area contributed by atoms with E-state index in [1.807, 2.05) is 27.7 Å². The van der Waals surface area contributed by atoms with E-state index in [1.165, 1.54) is 12.1 Å². The molecule has 5 N–H and O–H groups in total. The Morgan fingerprint density at radius 1 is 0.407 bits per heavy atom. The van der Waals surface area contributed by atoms with Gasteiger partial charge in [0.1, 0.15) is 85.5 Å². The van der Waals surface area contributed by atoms with Crippen molar-refractivity contribution < 1.29 is 142 Å². The summed E-state index contributed by atoms with van der Waals surface area (Å²) in [6.45, 7) is 32.3. The minimum atomic E-state index is -4.02. The van der Waals surface area contributed by atoms with Crippen LogP contribution in [0.1, 0.15) is 201 Å². The molecule has 23 aliphatic rings. The highest BCUT2D eigenvalue weighted by molar-refractivity contribution is 7.85. The molecule has 1 aromatic carbocycles. The van der Waals surface area contributed by atoms with Crippen LogP contribution in [0.2, 0.25) is 0 Å². The molecule has 0 amide bonds. The Morgan fingerprint density at radius 3 is 1.32 bits per heavy atom. The Kier molecular flexibility index (Phi) is 24.9. The largest absolute Gasteiger partial charge is 0.459 e. The highest BCUT2D eigenvalue weighted by Crippen LogP contribution is 2.58. The Hall–Kier alpha value is -3.89. The van der Waals surface area contributed by atoms with Crippen LogP contribution < -0.4 is 0 Å². The molecule has 0 aromatic heterocycles. The van der Waals surface area contributed by atoms with E-state index in [0.717, 1.165) is 105 Å². The summed E-state index contributed by atoms with van der Waals surface area (Å²) in [6, 6.07) is 5.99. The molecular formula is C92H130O30S. The van der Waals surface area contributed by atoms with E-state index in [9.17, 15) is 28.2 Å². The van der Waals surface area contributed by atoms with Crippen molar-refractivity contribution in [2.24, 2.45) is 23.7 Å². The summed E-state index contributed by atoms with van der Waals surface area (Å²) >= 11 is 0. The van der Waals surface area contributed by atoms with Gasteiger partial charge in [-0.2, -0.15) is 8.42 Å². The van der Waals surface area contributed by atoms with Crippen LogP contribution >= 0.6 is 0 Å². The number of fused-ring (bicyclic) bond motifs is 15. The lowest BCUT2D eigenvalue weighted by molar-refractivity contribution is -0.356. The van der Waals surface area contributed by atoms with E-state index < -0.39 is 88.5 Å². The fraction of sp³-hybridized carbons (Fsp3) is 0.826. The van der Waals surface area contributed by atoms with Gasteiger partial charge in [0.15, 0.2) is 17.4 Å². The Labute approximate surface area is 720 Å². The van der Waals surface area contributed by atoms with Crippen LogP contribution in [0.4, 0.5) is 0 Å². The molecule has 684 valence electrons. The zero-order valence-corrected chi connectivity index (χ0v) is 72.8. The maximum atomic E-state index is 14.1. The van der Waals surface area contributed by atoms with Gasteiger partial charge in [-0.3, -0.25) is 14.1 Å². The first-order chi connectivity index (χ1) is 58.4. The first-order valence-electron chi connectivity index (χ1n) is 46.1. The number of esters is 2. The lowest BCUT2D eigenvalue weighted by Gasteiger charge is -2.53. The van der Waals surface area contributed by atoms with E-state index in [1.54, 1.807) is 12.1 Å². The summed E-state index contributed by atoms with van der Waals surface area (Å²) in [7, 11) is -4.02.